The smallest absolute Gasteiger partial charge is 0.149 e. The molecule has 0 bridgehead atoms. The van der Waals surface area contributed by atoms with Crippen LogP contribution >= 0.6 is 0 Å². The van der Waals surface area contributed by atoms with Crippen LogP contribution in [0, 0.1) is 0 Å². The number of benzene rings is 1. The SMILES string of the molecule is CC(CS(C)(=O)=O)Nc1cccc(-n2ccnc2)c1. The molecule has 0 radical (unpaired) electrons. The molecule has 0 aliphatic heterocycles. The predicted molar refractivity (Wildman–Crippen MR) is 76.4 cm³/mol. The van der Waals surface area contributed by atoms with E-state index >= 15 is 0 Å². The number of sulfone groups is 1. The minimum atomic E-state index is -2.97. The van der Waals surface area contributed by atoms with Gasteiger partial charge in [0.1, 0.15) is 9.84 Å². The molecule has 1 atom stereocenters. The largest absolute Gasteiger partial charge is 0.382 e. The van der Waals surface area contributed by atoms with Crippen molar-refractivity contribution in [2.24, 2.45) is 0 Å². The molecule has 102 valence electrons. The lowest BCUT2D eigenvalue weighted by atomic mass is 10.2. The molecule has 19 heavy (non-hydrogen) atoms. The standard InChI is InChI=1S/C13H17N3O2S/c1-11(9-19(2,17)18)15-12-4-3-5-13(8-12)16-7-6-14-10-16/h3-8,10-11,15H,9H2,1-2H3. The van der Waals surface area contributed by atoms with E-state index in [1.54, 1.807) is 12.5 Å². The van der Waals surface area contributed by atoms with Crippen molar-refractivity contribution in [2.45, 2.75) is 13.0 Å². The third-order valence-corrected chi connectivity index (χ3v) is 3.72. The number of rotatable bonds is 5. The number of nitrogens with zero attached hydrogens (tertiary/aromatic N) is 2. The average molecular weight is 279 g/mol. The van der Waals surface area contributed by atoms with E-state index in [4.69, 9.17) is 0 Å². The van der Waals surface area contributed by atoms with Gasteiger partial charge in [-0.25, -0.2) is 13.4 Å². The first-order valence-corrected chi connectivity index (χ1v) is 8.03. The lowest BCUT2D eigenvalue weighted by molar-refractivity contribution is 0.598. The van der Waals surface area contributed by atoms with Gasteiger partial charge in [0.25, 0.3) is 0 Å². The van der Waals surface area contributed by atoms with Crippen LogP contribution in [0.1, 0.15) is 6.92 Å². The Balaban J connectivity index is 2.12. The summed E-state index contributed by atoms with van der Waals surface area (Å²) in [5, 5.41) is 3.19. The van der Waals surface area contributed by atoms with E-state index in [1.165, 1.54) is 6.26 Å². The maximum Gasteiger partial charge on any atom is 0.149 e. The van der Waals surface area contributed by atoms with Gasteiger partial charge >= 0.3 is 0 Å². The zero-order chi connectivity index (χ0) is 13.9. The summed E-state index contributed by atoms with van der Waals surface area (Å²) in [5.74, 6) is 0.113. The van der Waals surface area contributed by atoms with Crippen molar-refractivity contribution in [2.75, 3.05) is 17.3 Å². The molecule has 0 fully saturated rings. The second-order valence-corrected chi connectivity index (χ2v) is 6.84. The Bertz CT molecular complexity index is 636. The van der Waals surface area contributed by atoms with E-state index in [-0.39, 0.29) is 11.8 Å². The van der Waals surface area contributed by atoms with Crippen LogP contribution in [-0.2, 0) is 9.84 Å². The van der Waals surface area contributed by atoms with Crippen LogP contribution in [0.25, 0.3) is 5.69 Å². The fourth-order valence-electron chi connectivity index (χ4n) is 1.95. The highest BCUT2D eigenvalue weighted by atomic mass is 32.2. The summed E-state index contributed by atoms with van der Waals surface area (Å²) in [4.78, 5) is 4.00. The molecule has 0 saturated heterocycles. The highest BCUT2D eigenvalue weighted by Crippen LogP contribution is 2.15. The minimum absolute atomic E-state index is 0.113. The van der Waals surface area contributed by atoms with Gasteiger partial charge in [-0.3, -0.25) is 0 Å². The van der Waals surface area contributed by atoms with E-state index < -0.39 is 9.84 Å². The van der Waals surface area contributed by atoms with Crippen molar-refractivity contribution < 1.29 is 8.42 Å². The van der Waals surface area contributed by atoms with Crippen molar-refractivity contribution in [1.82, 2.24) is 9.55 Å². The predicted octanol–water partition coefficient (Wildman–Crippen LogP) is 1.72. The summed E-state index contributed by atoms with van der Waals surface area (Å²) >= 11 is 0. The molecule has 0 saturated carbocycles. The summed E-state index contributed by atoms with van der Waals surface area (Å²) in [6.07, 6.45) is 6.54. The van der Waals surface area contributed by atoms with Gasteiger partial charge in [0.2, 0.25) is 0 Å². The molecule has 0 aliphatic rings. The number of nitrogens with one attached hydrogen (secondary N) is 1. The molecule has 0 amide bonds. The van der Waals surface area contributed by atoms with Gasteiger partial charge in [0.05, 0.1) is 12.1 Å². The fourth-order valence-corrected chi connectivity index (χ4v) is 2.94. The number of imidazole rings is 1. The Morgan fingerprint density at radius 1 is 1.42 bits per heavy atom. The van der Waals surface area contributed by atoms with Crippen LogP contribution < -0.4 is 5.32 Å². The van der Waals surface area contributed by atoms with Gasteiger partial charge < -0.3 is 9.88 Å². The lowest BCUT2D eigenvalue weighted by Gasteiger charge is -2.15. The van der Waals surface area contributed by atoms with Gasteiger partial charge in [-0.05, 0) is 25.1 Å². The van der Waals surface area contributed by atoms with Crippen LogP contribution in [0.3, 0.4) is 0 Å². The Hall–Kier alpha value is -1.82. The lowest BCUT2D eigenvalue weighted by Crippen LogP contribution is -2.24. The molecule has 0 aliphatic carbocycles. The molecule has 6 heteroatoms. The zero-order valence-corrected chi connectivity index (χ0v) is 11.8. The quantitative estimate of drug-likeness (QED) is 0.905. The Labute approximate surface area is 113 Å². The first-order chi connectivity index (χ1) is 8.94. The molecular formula is C13H17N3O2S. The summed E-state index contributed by atoms with van der Waals surface area (Å²) in [6, 6.07) is 7.63. The summed E-state index contributed by atoms with van der Waals surface area (Å²) in [6.45, 7) is 1.85. The molecule has 2 aromatic rings. The Morgan fingerprint density at radius 3 is 2.84 bits per heavy atom. The van der Waals surface area contributed by atoms with Crippen LogP contribution in [0.5, 0.6) is 0 Å². The van der Waals surface area contributed by atoms with E-state index in [0.29, 0.717) is 0 Å². The van der Waals surface area contributed by atoms with Crippen molar-refractivity contribution in [3.8, 4) is 5.69 Å². The second kappa shape index (κ2) is 5.44. The zero-order valence-electron chi connectivity index (χ0n) is 10.9. The summed E-state index contributed by atoms with van der Waals surface area (Å²) < 4.78 is 24.4. The van der Waals surface area contributed by atoms with Crippen molar-refractivity contribution >= 4 is 15.5 Å². The minimum Gasteiger partial charge on any atom is -0.382 e. The van der Waals surface area contributed by atoms with Gasteiger partial charge in [0, 0.05) is 36.1 Å². The highest BCUT2D eigenvalue weighted by molar-refractivity contribution is 7.90. The van der Waals surface area contributed by atoms with Crippen LogP contribution in [0.2, 0.25) is 0 Å². The van der Waals surface area contributed by atoms with Crippen molar-refractivity contribution in [1.29, 1.82) is 0 Å². The topological polar surface area (TPSA) is 64.0 Å². The van der Waals surface area contributed by atoms with Gasteiger partial charge in [0.15, 0.2) is 0 Å². The molecule has 2 rings (SSSR count). The number of hydrogen-bond donors (Lipinski definition) is 1. The van der Waals surface area contributed by atoms with Crippen molar-refractivity contribution in [3.63, 3.8) is 0 Å². The molecule has 1 N–H and O–H groups in total. The first-order valence-electron chi connectivity index (χ1n) is 5.97. The molecule has 0 spiro atoms. The van der Waals surface area contributed by atoms with E-state index in [1.807, 2.05) is 42.0 Å². The van der Waals surface area contributed by atoms with Gasteiger partial charge in [-0.1, -0.05) is 6.07 Å². The normalized spacial score (nSPS) is 13.2. The fraction of sp³-hybridized carbons (Fsp3) is 0.308. The number of hydrogen-bond acceptors (Lipinski definition) is 4. The number of aromatic nitrogens is 2. The Kier molecular flexibility index (Phi) is 3.90. The van der Waals surface area contributed by atoms with E-state index in [0.717, 1.165) is 11.4 Å². The Morgan fingerprint density at radius 2 is 2.21 bits per heavy atom. The molecule has 1 heterocycles. The third kappa shape index (κ3) is 4.10. The second-order valence-electron chi connectivity index (χ2n) is 4.66. The third-order valence-electron chi connectivity index (χ3n) is 2.61. The molecule has 5 nitrogen and oxygen atoms in total. The average Bonchev–Trinajstić information content (AvgIpc) is 2.79. The van der Waals surface area contributed by atoms with Gasteiger partial charge in [-0.2, -0.15) is 0 Å². The molecule has 1 aromatic heterocycles. The van der Waals surface area contributed by atoms with Crippen LogP contribution in [-0.4, -0.2) is 36.0 Å². The highest BCUT2D eigenvalue weighted by Gasteiger charge is 2.10. The number of anilines is 1. The van der Waals surface area contributed by atoms with Crippen molar-refractivity contribution in [3.05, 3.63) is 43.0 Å². The van der Waals surface area contributed by atoms with E-state index in [9.17, 15) is 8.42 Å². The van der Waals surface area contributed by atoms with Crippen LogP contribution in [0.4, 0.5) is 5.69 Å². The molecular weight excluding hydrogens is 262 g/mol. The monoisotopic (exact) mass is 279 g/mol. The van der Waals surface area contributed by atoms with Gasteiger partial charge in [-0.15, -0.1) is 0 Å². The summed E-state index contributed by atoms with van der Waals surface area (Å²) in [7, 11) is -2.97. The van der Waals surface area contributed by atoms with E-state index in [2.05, 4.69) is 10.3 Å². The maximum atomic E-state index is 11.2. The molecule has 1 aromatic carbocycles. The summed E-state index contributed by atoms with van der Waals surface area (Å²) in [5.41, 5.74) is 1.87. The first kappa shape index (κ1) is 13.6. The van der Waals surface area contributed by atoms with Crippen LogP contribution in [0.15, 0.2) is 43.0 Å². The maximum absolute atomic E-state index is 11.2. The molecule has 1 unspecified atom stereocenters.